The molecular formula is C25H26ClF3N4O2. The average molecular weight is 507 g/mol. The van der Waals surface area contributed by atoms with Crippen LogP contribution in [0.15, 0.2) is 52.0 Å². The van der Waals surface area contributed by atoms with E-state index < -0.39 is 11.6 Å². The Bertz CT molecular complexity index is 1250. The van der Waals surface area contributed by atoms with Crippen molar-refractivity contribution < 1.29 is 22.7 Å². The summed E-state index contributed by atoms with van der Waals surface area (Å²) in [4.78, 5) is 10.4. The first-order valence-electron chi connectivity index (χ1n) is 11.1. The number of nitrogens with two attached hydrogens (primary N) is 1. The zero-order valence-corrected chi connectivity index (χ0v) is 20.1. The Morgan fingerprint density at radius 2 is 1.97 bits per heavy atom. The third-order valence-corrected chi connectivity index (χ3v) is 6.47. The molecule has 0 aliphatic carbocycles. The number of piperidine rings is 1. The van der Waals surface area contributed by atoms with Crippen LogP contribution in [0.2, 0.25) is 5.02 Å². The van der Waals surface area contributed by atoms with E-state index in [-0.39, 0.29) is 36.0 Å². The standard InChI is InChI=1S/C25H26ClF3N4O2/c1-15-11-16(21-6-4-18(14-34)35-21)13-31-22(15)25(29)7-9-33(10-8-25)23(30)32-17-3-5-19(20(26)12-17)24(2,27)28/h3-6,11-13,34H,7-10,14H2,1-2H3,(H2,30,32). The van der Waals surface area contributed by atoms with E-state index in [4.69, 9.17) is 21.8 Å². The van der Waals surface area contributed by atoms with Gasteiger partial charge in [-0.15, -0.1) is 0 Å². The monoisotopic (exact) mass is 506 g/mol. The molecule has 0 spiro atoms. The van der Waals surface area contributed by atoms with Gasteiger partial charge in [0.15, 0.2) is 11.6 Å². The van der Waals surface area contributed by atoms with E-state index in [1.807, 2.05) is 6.07 Å². The van der Waals surface area contributed by atoms with Crippen LogP contribution in [0.4, 0.5) is 18.9 Å². The number of benzene rings is 1. The lowest BCUT2D eigenvalue weighted by Gasteiger charge is -2.37. The number of furan rings is 1. The number of aromatic nitrogens is 1. The first kappa shape index (κ1) is 25.1. The Morgan fingerprint density at radius 3 is 2.54 bits per heavy atom. The van der Waals surface area contributed by atoms with E-state index in [0.29, 0.717) is 47.1 Å². The minimum Gasteiger partial charge on any atom is -0.459 e. The highest BCUT2D eigenvalue weighted by Crippen LogP contribution is 2.39. The van der Waals surface area contributed by atoms with Gasteiger partial charge in [0.25, 0.3) is 5.92 Å². The van der Waals surface area contributed by atoms with Crippen LogP contribution in [-0.2, 0) is 18.2 Å². The predicted molar refractivity (Wildman–Crippen MR) is 128 cm³/mol. The summed E-state index contributed by atoms with van der Waals surface area (Å²) < 4.78 is 48.6. The number of likely N-dealkylation sites (tertiary alicyclic amines) is 1. The summed E-state index contributed by atoms with van der Waals surface area (Å²) in [6, 6.07) is 9.22. The Morgan fingerprint density at radius 1 is 1.26 bits per heavy atom. The number of halogens is 4. The van der Waals surface area contributed by atoms with Crippen LogP contribution in [-0.4, -0.2) is 34.0 Å². The van der Waals surface area contributed by atoms with E-state index >= 15 is 4.39 Å². The number of pyridine rings is 1. The molecule has 1 aromatic carbocycles. The molecule has 10 heteroatoms. The molecule has 3 heterocycles. The summed E-state index contributed by atoms with van der Waals surface area (Å²) in [5.41, 5.74) is 6.32. The molecule has 1 aliphatic heterocycles. The predicted octanol–water partition coefficient (Wildman–Crippen LogP) is 5.81. The Labute approximate surface area is 206 Å². The molecule has 1 aliphatic rings. The van der Waals surface area contributed by atoms with E-state index in [1.54, 1.807) is 30.2 Å². The van der Waals surface area contributed by atoms with Crippen molar-refractivity contribution in [3.63, 3.8) is 0 Å². The van der Waals surface area contributed by atoms with Crippen molar-refractivity contribution in [2.24, 2.45) is 10.7 Å². The fraction of sp³-hybridized carbons (Fsp3) is 0.360. The van der Waals surface area contributed by atoms with Gasteiger partial charge in [-0.25, -0.2) is 18.2 Å². The van der Waals surface area contributed by atoms with E-state index in [9.17, 15) is 13.9 Å². The van der Waals surface area contributed by atoms with Crippen LogP contribution >= 0.6 is 11.6 Å². The second kappa shape index (κ2) is 9.54. The lowest BCUT2D eigenvalue weighted by atomic mass is 9.87. The lowest BCUT2D eigenvalue weighted by Crippen LogP contribution is -2.46. The maximum absolute atomic E-state index is 15.9. The van der Waals surface area contributed by atoms with Gasteiger partial charge < -0.3 is 20.2 Å². The zero-order chi connectivity index (χ0) is 25.4. The van der Waals surface area contributed by atoms with Gasteiger partial charge in [0, 0.05) is 50.2 Å². The molecule has 0 unspecified atom stereocenters. The average Bonchev–Trinajstić information content (AvgIpc) is 3.28. The number of aliphatic hydroxyl groups excluding tert-OH is 1. The van der Waals surface area contributed by atoms with Crippen molar-refractivity contribution in [3.8, 4) is 11.3 Å². The maximum Gasteiger partial charge on any atom is 0.271 e. The molecule has 0 atom stereocenters. The van der Waals surface area contributed by atoms with Crippen molar-refractivity contribution >= 4 is 23.2 Å². The number of hydrogen-bond donors (Lipinski definition) is 2. The highest BCUT2D eigenvalue weighted by atomic mass is 35.5. The summed E-state index contributed by atoms with van der Waals surface area (Å²) in [5, 5.41) is 9.09. The molecule has 3 aromatic rings. The lowest BCUT2D eigenvalue weighted by molar-refractivity contribution is 0.0176. The summed E-state index contributed by atoms with van der Waals surface area (Å²) >= 11 is 5.98. The van der Waals surface area contributed by atoms with Gasteiger partial charge in [-0.05, 0) is 48.9 Å². The van der Waals surface area contributed by atoms with Gasteiger partial charge in [-0.2, -0.15) is 0 Å². The summed E-state index contributed by atoms with van der Waals surface area (Å²) in [6.07, 6.45) is 1.89. The van der Waals surface area contributed by atoms with Crippen LogP contribution in [0.25, 0.3) is 11.3 Å². The normalized spacial score (nSPS) is 16.5. The number of alkyl halides is 3. The Kier molecular flexibility index (Phi) is 6.83. The number of hydrogen-bond acceptors (Lipinski definition) is 4. The number of guanidine groups is 1. The van der Waals surface area contributed by atoms with Crippen molar-refractivity contribution in [3.05, 3.63) is 70.2 Å². The van der Waals surface area contributed by atoms with Crippen LogP contribution in [0, 0.1) is 6.92 Å². The summed E-state index contributed by atoms with van der Waals surface area (Å²) in [5.74, 6) is -1.90. The number of aryl methyl sites for hydroxylation is 1. The Hall–Kier alpha value is -3.04. The molecule has 0 bridgehead atoms. The van der Waals surface area contributed by atoms with Crippen molar-refractivity contribution in [2.45, 2.75) is 44.9 Å². The van der Waals surface area contributed by atoms with Gasteiger partial charge in [0.2, 0.25) is 0 Å². The third-order valence-electron chi connectivity index (χ3n) is 6.15. The maximum atomic E-state index is 15.9. The smallest absolute Gasteiger partial charge is 0.271 e. The highest BCUT2D eigenvalue weighted by Gasteiger charge is 2.39. The zero-order valence-electron chi connectivity index (χ0n) is 19.4. The molecule has 0 amide bonds. The molecule has 35 heavy (non-hydrogen) atoms. The van der Waals surface area contributed by atoms with Crippen molar-refractivity contribution in [2.75, 3.05) is 13.1 Å². The van der Waals surface area contributed by atoms with Gasteiger partial charge in [-0.3, -0.25) is 4.98 Å². The van der Waals surface area contributed by atoms with Gasteiger partial charge in [0.05, 0.1) is 16.4 Å². The molecule has 2 aromatic heterocycles. The number of aliphatic hydroxyl groups is 1. The van der Waals surface area contributed by atoms with E-state index in [2.05, 4.69) is 9.98 Å². The molecular weight excluding hydrogens is 481 g/mol. The number of aliphatic imine (C=N–C) groups is 1. The highest BCUT2D eigenvalue weighted by molar-refractivity contribution is 6.31. The Balaban J connectivity index is 1.46. The van der Waals surface area contributed by atoms with Crippen molar-refractivity contribution in [1.29, 1.82) is 0 Å². The van der Waals surface area contributed by atoms with Gasteiger partial charge in [0.1, 0.15) is 18.1 Å². The molecule has 0 saturated carbocycles. The van der Waals surface area contributed by atoms with Crippen LogP contribution < -0.4 is 5.73 Å². The van der Waals surface area contributed by atoms with Crippen LogP contribution in [0.3, 0.4) is 0 Å². The molecule has 6 nitrogen and oxygen atoms in total. The summed E-state index contributed by atoms with van der Waals surface area (Å²) in [6.45, 7) is 3.00. The first-order valence-corrected chi connectivity index (χ1v) is 11.5. The second-order valence-corrected chi connectivity index (χ2v) is 9.20. The minimum absolute atomic E-state index is 0.0971. The first-order chi connectivity index (χ1) is 16.5. The van der Waals surface area contributed by atoms with E-state index in [0.717, 1.165) is 6.92 Å². The molecule has 0 radical (unpaired) electrons. The van der Waals surface area contributed by atoms with Crippen LogP contribution in [0.5, 0.6) is 0 Å². The quantitative estimate of drug-likeness (QED) is 0.336. The van der Waals surface area contributed by atoms with Crippen LogP contribution in [0.1, 0.15) is 42.3 Å². The molecule has 1 fully saturated rings. The number of nitrogens with zero attached hydrogens (tertiary/aromatic N) is 3. The molecule has 186 valence electrons. The topological polar surface area (TPSA) is 87.9 Å². The molecule has 4 rings (SSSR count). The van der Waals surface area contributed by atoms with E-state index in [1.165, 1.54) is 18.2 Å². The fourth-order valence-electron chi connectivity index (χ4n) is 4.26. The molecule has 1 saturated heterocycles. The van der Waals surface area contributed by atoms with Gasteiger partial charge in [-0.1, -0.05) is 11.6 Å². The van der Waals surface area contributed by atoms with Gasteiger partial charge >= 0.3 is 0 Å². The fourth-order valence-corrected chi connectivity index (χ4v) is 4.60. The van der Waals surface area contributed by atoms with Crippen molar-refractivity contribution in [1.82, 2.24) is 9.88 Å². The second-order valence-electron chi connectivity index (χ2n) is 8.79. The number of rotatable bonds is 5. The SMILES string of the molecule is Cc1cc(-c2ccc(CO)o2)cnc1C1(F)CCN(C(N)=Nc2ccc(C(C)(F)F)c(Cl)c2)CC1. The largest absolute Gasteiger partial charge is 0.459 e. The third kappa shape index (κ3) is 5.31. The minimum atomic E-state index is -3.06. The molecule has 3 N–H and O–H groups in total. The summed E-state index contributed by atoms with van der Waals surface area (Å²) in [7, 11) is 0.